The molecule has 0 aliphatic rings. The molecule has 0 aliphatic carbocycles. The Labute approximate surface area is 111 Å². The topological polar surface area (TPSA) is 87.7 Å². The fourth-order valence-corrected chi connectivity index (χ4v) is 1.51. The van der Waals surface area contributed by atoms with Crippen molar-refractivity contribution in [3.63, 3.8) is 0 Å². The molecule has 0 saturated heterocycles. The molecule has 6 nitrogen and oxygen atoms in total. The normalized spacial score (nSPS) is 10.1. The van der Waals surface area contributed by atoms with E-state index in [1.165, 1.54) is 18.3 Å². The van der Waals surface area contributed by atoms with Crippen molar-refractivity contribution in [1.82, 2.24) is 15.2 Å². The largest absolute Gasteiger partial charge is 0.319 e. The number of carbonyl (C=O) groups is 1. The van der Waals surface area contributed by atoms with Gasteiger partial charge in [-0.15, -0.1) is 0 Å². The predicted octanol–water partition coefficient (Wildman–Crippen LogP) is 1.49. The van der Waals surface area contributed by atoms with Crippen molar-refractivity contribution in [3.8, 4) is 0 Å². The summed E-state index contributed by atoms with van der Waals surface area (Å²) >= 11 is 3.27. The van der Waals surface area contributed by atoms with Gasteiger partial charge in [0.15, 0.2) is 0 Å². The molecular weight excluding hydrogens is 300 g/mol. The highest BCUT2D eigenvalue weighted by atomic mass is 79.9. The van der Waals surface area contributed by atoms with Crippen LogP contribution in [0.15, 0.2) is 33.8 Å². The minimum absolute atomic E-state index is 0.134. The number of amides is 1. The van der Waals surface area contributed by atoms with Crippen LogP contribution in [-0.4, -0.2) is 21.1 Å². The van der Waals surface area contributed by atoms with Crippen molar-refractivity contribution in [2.75, 3.05) is 5.32 Å². The van der Waals surface area contributed by atoms with Gasteiger partial charge in [0.05, 0.1) is 11.9 Å². The van der Waals surface area contributed by atoms with Crippen molar-refractivity contribution in [2.45, 2.75) is 6.92 Å². The second-order valence-corrected chi connectivity index (χ2v) is 4.34. The molecule has 0 saturated carbocycles. The summed E-state index contributed by atoms with van der Waals surface area (Å²) in [6.07, 6.45) is 1.53. The molecule has 2 aromatic rings. The maximum Gasteiger partial charge on any atom is 0.276 e. The second-order valence-electron chi connectivity index (χ2n) is 3.59. The van der Waals surface area contributed by atoms with Crippen LogP contribution in [0.3, 0.4) is 0 Å². The molecule has 7 heteroatoms. The maximum atomic E-state index is 11.8. The number of aryl methyl sites for hydroxylation is 1. The van der Waals surface area contributed by atoms with Gasteiger partial charge < -0.3 is 5.32 Å². The molecule has 2 aromatic heterocycles. The summed E-state index contributed by atoms with van der Waals surface area (Å²) in [5.41, 5.74) is 1.25. The van der Waals surface area contributed by atoms with Gasteiger partial charge in [-0.3, -0.25) is 9.59 Å². The van der Waals surface area contributed by atoms with E-state index in [-0.39, 0.29) is 11.3 Å². The number of hydrogen-bond acceptors (Lipinski definition) is 4. The van der Waals surface area contributed by atoms with E-state index in [1.54, 1.807) is 6.07 Å². The summed E-state index contributed by atoms with van der Waals surface area (Å²) in [6.45, 7) is 1.87. The Bertz CT molecular complexity index is 633. The van der Waals surface area contributed by atoms with Gasteiger partial charge in [-0.2, -0.15) is 5.10 Å². The Morgan fingerprint density at radius 3 is 2.83 bits per heavy atom. The van der Waals surface area contributed by atoms with Crippen LogP contribution >= 0.6 is 15.9 Å². The van der Waals surface area contributed by atoms with Crippen molar-refractivity contribution < 1.29 is 4.79 Å². The van der Waals surface area contributed by atoms with Crippen molar-refractivity contribution >= 4 is 27.5 Å². The molecule has 18 heavy (non-hydrogen) atoms. The molecule has 2 heterocycles. The molecule has 0 radical (unpaired) electrons. The van der Waals surface area contributed by atoms with Crippen molar-refractivity contribution in [2.24, 2.45) is 0 Å². The lowest BCUT2D eigenvalue weighted by Gasteiger charge is -2.05. The highest BCUT2D eigenvalue weighted by Gasteiger charge is 2.08. The number of anilines is 1. The van der Waals surface area contributed by atoms with Gasteiger partial charge in [-0.25, -0.2) is 10.1 Å². The first-order valence-corrected chi connectivity index (χ1v) is 5.85. The minimum Gasteiger partial charge on any atom is -0.319 e. The molecule has 0 aromatic carbocycles. The van der Waals surface area contributed by atoms with E-state index in [0.717, 1.165) is 10.2 Å². The van der Waals surface area contributed by atoms with E-state index in [0.29, 0.717) is 5.69 Å². The second kappa shape index (κ2) is 5.09. The molecule has 0 fully saturated rings. The average molecular weight is 309 g/mol. The molecule has 0 aliphatic heterocycles. The van der Waals surface area contributed by atoms with Crippen LogP contribution in [0.4, 0.5) is 5.69 Å². The number of pyridine rings is 1. The Morgan fingerprint density at radius 1 is 1.44 bits per heavy atom. The van der Waals surface area contributed by atoms with E-state index < -0.39 is 5.91 Å². The standard InChI is InChI=1S/C11H9BrN4O2/c1-6-4-7(5-13-10(6)12)14-11(18)8-2-3-9(17)16-15-8/h2-5H,1H3,(H,14,18)(H,16,17). The smallest absolute Gasteiger partial charge is 0.276 e. The third-order valence-electron chi connectivity index (χ3n) is 2.18. The molecule has 2 N–H and O–H groups in total. The van der Waals surface area contributed by atoms with Crippen LogP contribution in [0.5, 0.6) is 0 Å². The number of rotatable bonds is 2. The number of nitrogens with one attached hydrogen (secondary N) is 2. The van der Waals surface area contributed by atoms with Gasteiger partial charge in [0, 0.05) is 6.07 Å². The van der Waals surface area contributed by atoms with Crippen molar-refractivity contribution in [1.29, 1.82) is 0 Å². The summed E-state index contributed by atoms with van der Waals surface area (Å²) < 4.78 is 0.725. The lowest BCUT2D eigenvalue weighted by molar-refractivity contribution is 0.102. The quantitative estimate of drug-likeness (QED) is 0.823. The monoisotopic (exact) mass is 308 g/mol. The molecule has 92 valence electrons. The number of hydrogen-bond donors (Lipinski definition) is 2. The van der Waals surface area contributed by atoms with Crippen LogP contribution in [0.25, 0.3) is 0 Å². The molecule has 0 bridgehead atoms. The van der Waals surface area contributed by atoms with Crippen molar-refractivity contribution in [3.05, 3.63) is 50.6 Å². The Balaban J connectivity index is 2.18. The third-order valence-corrected chi connectivity index (χ3v) is 3.01. The highest BCUT2D eigenvalue weighted by molar-refractivity contribution is 9.10. The van der Waals surface area contributed by atoms with Gasteiger partial charge in [-0.05, 0) is 40.5 Å². The zero-order chi connectivity index (χ0) is 13.1. The van der Waals surface area contributed by atoms with Gasteiger partial charge in [0.1, 0.15) is 10.3 Å². The number of H-pyrrole nitrogens is 1. The lowest BCUT2D eigenvalue weighted by atomic mass is 10.3. The molecule has 0 atom stereocenters. The fraction of sp³-hybridized carbons (Fsp3) is 0.0909. The number of aromatic amines is 1. The van der Waals surface area contributed by atoms with Crippen LogP contribution in [-0.2, 0) is 0 Å². The fourth-order valence-electron chi connectivity index (χ4n) is 1.29. The van der Waals surface area contributed by atoms with E-state index >= 15 is 0 Å². The zero-order valence-electron chi connectivity index (χ0n) is 9.40. The van der Waals surface area contributed by atoms with E-state index in [9.17, 15) is 9.59 Å². The van der Waals surface area contributed by atoms with Crippen LogP contribution in [0, 0.1) is 6.92 Å². The summed E-state index contributed by atoms with van der Waals surface area (Å²) in [5.74, 6) is -0.408. The first-order valence-electron chi connectivity index (χ1n) is 5.05. The zero-order valence-corrected chi connectivity index (χ0v) is 11.0. The highest BCUT2D eigenvalue weighted by Crippen LogP contribution is 2.16. The van der Waals surface area contributed by atoms with Crippen LogP contribution in [0.2, 0.25) is 0 Å². The molecule has 0 unspecified atom stereocenters. The summed E-state index contributed by atoms with van der Waals surface area (Å²) in [6, 6.07) is 4.38. The van der Waals surface area contributed by atoms with Gasteiger partial charge in [-0.1, -0.05) is 0 Å². The number of nitrogens with zero attached hydrogens (tertiary/aromatic N) is 2. The van der Waals surface area contributed by atoms with E-state index in [1.807, 2.05) is 6.92 Å². The van der Waals surface area contributed by atoms with Gasteiger partial charge in [0.25, 0.3) is 11.5 Å². The maximum absolute atomic E-state index is 11.8. The number of halogens is 1. The average Bonchev–Trinajstić information content (AvgIpc) is 2.34. The van der Waals surface area contributed by atoms with Crippen LogP contribution in [0.1, 0.15) is 16.1 Å². The molecule has 2 rings (SSSR count). The third kappa shape index (κ3) is 2.80. The predicted molar refractivity (Wildman–Crippen MR) is 69.5 cm³/mol. The molecule has 0 spiro atoms. The molecular formula is C11H9BrN4O2. The Morgan fingerprint density at radius 2 is 2.22 bits per heavy atom. The minimum atomic E-state index is -0.408. The summed E-state index contributed by atoms with van der Waals surface area (Å²) in [4.78, 5) is 26.7. The Kier molecular flexibility index (Phi) is 3.52. The summed E-state index contributed by atoms with van der Waals surface area (Å²) in [5, 5.41) is 8.47. The first kappa shape index (κ1) is 12.4. The Hall–Kier alpha value is -2.02. The number of aromatic nitrogens is 3. The van der Waals surface area contributed by atoms with Crippen LogP contribution < -0.4 is 10.9 Å². The molecule has 1 amide bonds. The number of carbonyl (C=O) groups excluding carboxylic acids is 1. The van der Waals surface area contributed by atoms with E-state index in [2.05, 4.69) is 36.4 Å². The summed E-state index contributed by atoms with van der Waals surface area (Å²) in [7, 11) is 0. The van der Waals surface area contributed by atoms with E-state index in [4.69, 9.17) is 0 Å². The van der Waals surface area contributed by atoms with Gasteiger partial charge >= 0.3 is 0 Å². The first-order chi connectivity index (χ1) is 8.56. The van der Waals surface area contributed by atoms with Gasteiger partial charge in [0.2, 0.25) is 0 Å². The SMILES string of the molecule is Cc1cc(NC(=O)c2ccc(=O)[nH]n2)cnc1Br. The lowest BCUT2D eigenvalue weighted by Crippen LogP contribution is -2.17.